The van der Waals surface area contributed by atoms with Gasteiger partial charge < -0.3 is 10.7 Å². The minimum Gasteiger partial charge on any atom is -0.340 e. The summed E-state index contributed by atoms with van der Waals surface area (Å²) in [6.07, 6.45) is 3.41. The number of nitrogens with two attached hydrogens (primary N) is 1. The number of aromatic nitrogens is 2. The van der Waals surface area contributed by atoms with Crippen LogP contribution in [0.1, 0.15) is 32.5 Å². The number of hydrogen-bond donors (Lipinski definition) is 2. The minimum absolute atomic E-state index is 0.419. The van der Waals surface area contributed by atoms with Gasteiger partial charge in [-0.2, -0.15) is 0 Å². The Morgan fingerprint density at radius 2 is 1.95 bits per heavy atom. The van der Waals surface area contributed by atoms with E-state index in [1.807, 2.05) is 6.07 Å². The van der Waals surface area contributed by atoms with Crippen molar-refractivity contribution in [1.29, 1.82) is 0 Å². The van der Waals surface area contributed by atoms with Crippen molar-refractivity contribution >= 4 is 23.2 Å². The van der Waals surface area contributed by atoms with E-state index in [4.69, 9.17) is 28.9 Å². The smallest absolute Gasteiger partial charge is 0.126 e. The molecular weight excluding hydrogens is 281 g/mol. The third kappa shape index (κ3) is 2.78. The maximum atomic E-state index is 6.32. The van der Waals surface area contributed by atoms with Gasteiger partial charge in [-0.25, -0.2) is 4.98 Å². The molecule has 0 aliphatic carbocycles. The highest BCUT2D eigenvalue weighted by Gasteiger charge is 2.26. The molecule has 0 amide bonds. The van der Waals surface area contributed by atoms with Crippen LogP contribution in [0, 0.1) is 0 Å². The number of hydrogen-bond acceptors (Lipinski definition) is 2. The van der Waals surface area contributed by atoms with Gasteiger partial charge in [0.1, 0.15) is 5.82 Å². The molecule has 1 aromatic heterocycles. The van der Waals surface area contributed by atoms with Gasteiger partial charge in [-0.15, -0.1) is 0 Å². The second-order valence-corrected chi connectivity index (χ2v) is 5.48. The summed E-state index contributed by atoms with van der Waals surface area (Å²) in [6, 6.07) is 5.39. The lowest BCUT2D eigenvalue weighted by Crippen LogP contribution is -2.36. The first-order chi connectivity index (χ1) is 9.00. The average Bonchev–Trinajstić information content (AvgIpc) is 2.88. The summed E-state index contributed by atoms with van der Waals surface area (Å²) < 4.78 is 0. The molecule has 0 saturated carbocycles. The van der Waals surface area contributed by atoms with Crippen LogP contribution < -0.4 is 5.73 Å². The maximum Gasteiger partial charge on any atom is 0.126 e. The molecule has 3 nitrogen and oxygen atoms in total. The summed E-state index contributed by atoms with van der Waals surface area (Å²) in [5.74, 6) is 0.790. The number of nitrogens with zero attached hydrogens (tertiary/aromatic N) is 1. The molecule has 5 heteroatoms. The SMILES string of the molecule is CCC(N)(CC)c1ncc(-c2ccc(Cl)cc2Cl)[nH]1. The fourth-order valence-electron chi connectivity index (χ4n) is 2.00. The fourth-order valence-corrected chi connectivity index (χ4v) is 2.51. The molecule has 0 atom stereocenters. The third-order valence-corrected chi connectivity index (χ3v) is 4.08. The predicted molar refractivity (Wildman–Crippen MR) is 80.5 cm³/mol. The molecule has 102 valence electrons. The van der Waals surface area contributed by atoms with E-state index in [0.29, 0.717) is 10.0 Å². The lowest BCUT2D eigenvalue weighted by atomic mass is 9.93. The summed E-state index contributed by atoms with van der Waals surface area (Å²) in [6.45, 7) is 4.11. The molecule has 0 bridgehead atoms. The molecule has 1 heterocycles. The lowest BCUT2D eigenvalue weighted by molar-refractivity contribution is 0.391. The average molecular weight is 298 g/mol. The van der Waals surface area contributed by atoms with Gasteiger partial charge in [0, 0.05) is 10.6 Å². The Hall–Kier alpha value is -1.03. The Morgan fingerprint density at radius 1 is 1.26 bits per heavy atom. The van der Waals surface area contributed by atoms with Gasteiger partial charge in [-0.3, -0.25) is 0 Å². The zero-order valence-electron chi connectivity index (χ0n) is 11.0. The van der Waals surface area contributed by atoms with Crippen molar-refractivity contribution in [2.24, 2.45) is 5.73 Å². The zero-order valence-corrected chi connectivity index (χ0v) is 12.5. The zero-order chi connectivity index (χ0) is 14.0. The number of aromatic amines is 1. The Labute approximate surface area is 123 Å². The molecule has 0 saturated heterocycles. The van der Waals surface area contributed by atoms with Crippen molar-refractivity contribution in [3.8, 4) is 11.3 Å². The summed E-state index contributed by atoms with van der Waals surface area (Å²) in [4.78, 5) is 7.67. The minimum atomic E-state index is -0.419. The van der Waals surface area contributed by atoms with Crippen molar-refractivity contribution in [1.82, 2.24) is 9.97 Å². The van der Waals surface area contributed by atoms with E-state index in [2.05, 4.69) is 23.8 Å². The van der Waals surface area contributed by atoms with Gasteiger partial charge in [0.05, 0.1) is 22.5 Å². The monoisotopic (exact) mass is 297 g/mol. The highest BCUT2D eigenvalue weighted by atomic mass is 35.5. The molecule has 0 fully saturated rings. The van der Waals surface area contributed by atoms with Crippen LogP contribution in [0.3, 0.4) is 0 Å². The normalized spacial score (nSPS) is 11.8. The van der Waals surface area contributed by atoms with Gasteiger partial charge in [0.2, 0.25) is 0 Å². The van der Waals surface area contributed by atoms with E-state index in [0.717, 1.165) is 29.9 Å². The Balaban J connectivity index is 2.41. The van der Waals surface area contributed by atoms with Crippen LogP contribution >= 0.6 is 23.2 Å². The van der Waals surface area contributed by atoms with Gasteiger partial charge in [0.25, 0.3) is 0 Å². The van der Waals surface area contributed by atoms with Crippen molar-refractivity contribution in [2.45, 2.75) is 32.2 Å². The summed E-state index contributed by atoms with van der Waals surface area (Å²) in [5, 5.41) is 1.21. The van der Waals surface area contributed by atoms with E-state index >= 15 is 0 Å². The number of halogens is 2. The van der Waals surface area contributed by atoms with Crippen molar-refractivity contribution in [3.63, 3.8) is 0 Å². The first-order valence-electron chi connectivity index (χ1n) is 6.30. The number of benzene rings is 1. The first-order valence-corrected chi connectivity index (χ1v) is 7.05. The Kier molecular flexibility index (Phi) is 4.19. The number of H-pyrrole nitrogens is 1. The van der Waals surface area contributed by atoms with E-state index in [9.17, 15) is 0 Å². The standard InChI is InChI=1S/C14H17Cl2N3/c1-3-14(17,4-2)13-18-8-12(19-13)10-6-5-9(15)7-11(10)16/h5-8H,3-4,17H2,1-2H3,(H,18,19). The largest absolute Gasteiger partial charge is 0.340 e. The highest BCUT2D eigenvalue weighted by molar-refractivity contribution is 6.36. The topological polar surface area (TPSA) is 54.7 Å². The van der Waals surface area contributed by atoms with Crippen LogP contribution in [0.15, 0.2) is 24.4 Å². The summed E-state index contributed by atoms with van der Waals surface area (Å²) in [7, 11) is 0. The predicted octanol–water partition coefficient (Wildman–Crippen LogP) is 4.36. The lowest BCUT2D eigenvalue weighted by Gasteiger charge is -2.23. The van der Waals surface area contributed by atoms with E-state index < -0.39 is 5.54 Å². The quantitative estimate of drug-likeness (QED) is 0.881. The second kappa shape index (κ2) is 5.53. The van der Waals surface area contributed by atoms with Gasteiger partial charge >= 0.3 is 0 Å². The third-order valence-electron chi connectivity index (χ3n) is 3.53. The molecular formula is C14H17Cl2N3. The van der Waals surface area contributed by atoms with Gasteiger partial charge in [-0.1, -0.05) is 37.0 Å². The van der Waals surface area contributed by atoms with Crippen LogP contribution in [0.4, 0.5) is 0 Å². The van der Waals surface area contributed by atoms with Crippen molar-refractivity contribution in [2.75, 3.05) is 0 Å². The second-order valence-electron chi connectivity index (χ2n) is 4.63. The van der Waals surface area contributed by atoms with Crippen LogP contribution in [0.25, 0.3) is 11.3 Å². The Bertz CT molecular complexity index is 574. The van der Waals surface area contributed by atoms with E-state index in [1.54, 1.807) is 18.3 Å². The van der Waals surface area contributed by atoms with Crippen molar-refractivity contribution in [3.05, 3.63) is 40.3 Å². The van der Waals surface area contributed by atoms with Crippen LogP contribution in [0.5, 0.6) is 0 Å². The summed E-state index contributed by atoms with van der Waals surface area (Å²) >= 11 is 12.1. The fraction of sp³-hybridized carbons (Fsp3) is 0.357. The molecule has 0 unspecified atom stereocenters. The molecule has 0 radical (unpaired) electrons. The highest BCUT2D eigenvalue weighted by Crippen LogP contribution is 2.31. The molecule has 0 aliphatic heterocycles. The van der Waals surface area contributed by atoms with Gasteiger partial charge in [-0.05, 0) is 31.0 Å². The maximum absolute atomic E-state index is 6.32. The Morgan fingerprint density at radius 3 is 2.53 bits per heavy atom. The van der Waals surface area contributed by atoms with E-state index in [-0.39, 0.29) is 0 Å². The van der Waals surface area contributed by atoms with Gasteiger partial charge in [0.15, 0.2) is 0 Å². The molecule has 0 spiro atoms. The molecule has 19 heavy (non-hydrogen) atoms. The molecule has 2 aromatic rings. The molecule has 0 aliphatic rings. The molecule has 2 rings (SSSR count). The van der Waals surface area contributed by atoms with Crippen LogP contribution in [-0.4, -0.2) is 9.97 Å². The number of nitrogens with one attached hydrogen (secondary N) is 1. The molecule has 3 N–H and O–H groups in total. The molecule has 1 aromatic carbocycles. The number of rotatable bonds is 4. The number of imidazole rings is 1. The van der Waals surface area contributed by atoms with Crippen molar-refractivity contribution < 1.29 is 0 Å². The van der Waals surface area contributed by atoms with Crippen LogP contribution in [0.2, 0.25) is 10.0 Å². The summed E-state index contributed by atoms with van der Waals surface area (Å²) in [5.41, 5.74) is 7.63. The van der Waals surface area contributed by atoms with Crippen LogP contribution in [-0.2, 0) is 5.54 Å². The first kappa shape index (κ1) is 14.4. The van der Waals surface area contributed by atoms with E-state index in [1.165, 1.54) is 0 Å².